The van der Waals surface area contributed by atoms with E-state index >= 15 is 0 Å². The Morgan fingerprint density at radius 3 is 2.38 bits per heavy atom. The zero-order valence-corrected chi connectivity index (χ0v) is 13.3. The first-order chi connectivity index (χ1) is 9.87. The van der Waals surface area contributed by atoms with Crippen LogP contribution in [0.1, 0.15) is 23.2 Å². The lowest BCUT2D eigenvalue weighted by atomic mass is 10.2. The van der Waals surface area contributed by atoms with Crippen molar-refractivity contribution in [2.45, 2.75) is 17.7 Å². The predicted octanol–water partition coefficient (Wildman–Crippen LogP) is 1.18. The van der Waals surface area contributed by atoms with Crippen LogP contribution in [0, 0.1) is 0 Å². The van der Waals surface area contributed by atoms with E-state index in [4.69, 9.17) is 4.74 Å². The fourth-order valence-electron chi connectivity index (χ4n) is 2.34. The highest BCUT2D eigenvalue weighted by Crippen LogP contribution is 2.30. The van der Waals surface area contributed by atoms with Crippen LogP contribution in [0.5, 0.6) is 5.75 Å². The van der Waals surface area contributed by atoms with Crippen molar-refractivity contribution in [1.29, 1.82) is 0 Å². The number of ether oxygens (including phenoxy) is 1. The van der Waals surface area contributed by atoms with Crippen molar-refractivity contribution in [1.82, 2.24) is 9.21 Å². The summed E-state index contributed by atoms with van der Waals surface area (Å²) < 4.78 is 32.0. The molecule has 1 aromatic rings. The summed E-state index contributed by atoms with van der Waals surface area (Å²) in [5, 5.41) is 0. The van der Waals surface area contributed by atoms with Gasteiger partial charge in [0.1, 0.15) is 10.6 Å². The van der Waals surface area contributed by atoms with Gasteiger partial charge in [0.05, 0.1) is 7.11 Å². The molecule has 0 bridgehead atoms. The minimum Gasteiger partial charge on any atom is -0.495 e. The first-order valence-corrected chi connectivity index (χ1v) is 8.22. The van der Waals surface area contributed by atoms with Crippen LogP contribution >= 0.6 is 0 Å². The highest BCUT2D eigenvalue weighted by molar-refractivity contribution is 7.89. The van der Waals surface area contributed by atoms with Crippen LogP contribution < -0.4 is 4.74 Å². The highest BCUT2D eigenvalue weighted by Gasteiger charge is 2.30. The van der Waals surface area contributed by atoms with Gasteiger partial charge in [0.25, 0.3) is 5.91 Å². The van der Waals surface area contributed by atoms with Crippen LogP contribution in [-0.4, -0.2) is 57.8 Å². The number of amides is 1. The molecule has 1 fully saturated rings. The number of hydrogen-bond donors (Lipinski definition) is 0. The molecular formula is C14H20N2O4S. The molecule has 0 unspecified atom stereocenters. The second-order valence-corrected chi connectivity index (χ2v) is 7.08. The molecule has 0 spiro atoms. The third-order valence-corrected chi connectivity index (χ3v) is 5.42. The number of carbonyl (C=O) groups excluding carboxylic acids is 1. The second kappa shape index (κ2) is 6.03. The number of carbonyl (C=O) groups is 1. The molecule has 116 valence electrons. The Bertz CT molecular complexity index is 634. The molecule has 21 heavy (non-hydrogen) atoms. The summed E-state index contributed by atoms with van der Waals surface area (Å²) in [5.74, 6) is 0.0210. The minimum atomic E-state index is -3.63. The quantitative estimate of drug-likeness (QED) is 0.837. The molecule has 1 heterocycles. The standard InChI is InChI=1S/C14H20N2O4S/c1-15(2)14(17)11-6-7-12(20-3)13(10-11)21(18,19)16-8-4-5-9-16/h6-7,10H,4-5,8-9H2,1-3H3. The van der Waals surface area contributed by atoms with Crippen LogP contribution in [0.15, 0.2) is 23.1 Å². The third kappa shape index (κ3) is 3.03. The highest BCUT2D eigenvalue weighted by atomic mass is 32.2. The van der Waals surface area contributed by atoms with Gasteiger partial charge in [-0.3, -0.25) is 4.79 Å². The topological polar surface area (TPSA) is 66.9 Å². The van der Waals surface area contributed by atoms with Crippen molar-refractivity contribution in [2.24, 2.45) is 0 Å². The van der Waals surface area contributed by atoms with E-state index in [0.717, 1.165) is 12.8 Å². The Morgan fingerprint density at radius 2 is 1.86 bits per heavy atom. The van der Waals surface area contributed by atoms with Gasteiger partial charge in [-0.2, -0.15) is 4.31 Å². The average molecular weight is 312 g/mol. The number of methoxy groups -OCH3 is 1. The molecular weight excluding hydrogens is 292 g/mol. The summed E-state index contributed by atoms with van der Waals surface area (Å²) >= 11 is 0. The van der Waals surface area contributed by atoms with E-state index in [1.165, 1.54) is 28.4 Å². The molecule has 1 amide bonds. The van der Waals surface area contributed by atoms with E-state index in [1.807, 2.05) is 0 Å². The second-order valence-electron chi connectivity index (χ2n) is 5.18. The smallest absolute Gasteiger partial charge is 0.253 e. The van der Waals surface area contributed by atoms with Gasteiger partial charge in [-0.25, -0.2) is 8.42 Å². The zero-order valence-electron chi connectivity index (χ0n) is 12.5. The van der Waals surface area contributed by atoms with Crippen molar-refractivity contribution in [3.05, 3.63) is 23.8 Å². The van der Waals surface area contributed by atoms with Gasteiger partial charge in [0, 0.05) is 32.7 Å². The van der Waals surface area contributed by atoms with Gasteiger partial charge in [-0.15, -0.1) is 0 Å². The molecule has 0 N–H and O–H groups in total. The molecule has 6 nitrogen and oxygen atoms in total. The van der Waals surface area contributed by atoms with Gasteiger partial charge >= 0.3 is 0 Å². The van der Waals surface area contributed by atoms with Crippen molar-refractivity contribution < 1.29 is 17.9 Å². The Balaban J connectivity index is 2.50. The Morgan fingerprint density at radius 1 is 1.24 bits per heavy atom. The molecule has 0 aromatic heterocycles. The molecule has 0 aliphatic carbocycles. The van der Waals surface area contributed by atoms with Crippen molar-refractivity contribution in [3.8, 4) is 5.75 Å². The van der Waals surface area contributed by atoms with Crippen LogP contribution in [0.25, 0.3) is 0 Å². The molecule has 1 aromatic carbocycles. The normalized spacial score (nSPS) is 16.0. The van der Waals surface area contributed by atoms with Gasteiger partial charge in [0.2, 0.25) is 10.0 Å². The van der Waals surface area contributed by atoms with Gasteiger partial charge in [0.15, 0.2) is 0 Å². The average Bonchev–Trinajstić information content (AvgIpc) is 3.00. The van der Waals surface area contributed by atoms with Crippen molar-refractivity contribution >= 4 is 15.9 Å². The van der Waals surface area contributed by atoms with Gasteiger partial charge < -0.3 is 9.64 Å². The number of hydrogen-bond acceptors (Lipinski definition) is 4. The SMILES string of the molecule is COc1ccc(C(=O)N(C)C)cc1S(=O)(=O)N1CCCC1. The van der Waals surface area contributed by atoms with Crippen LogP contribution in [-0.2, 0) is 10.0 Å². The van der Waals surface area contributed by atoms with Crippen LogP contribution in [0.3, 0.4) is 0 Å². The first-order valence-electron chi connectivity index (χ1n) is 6.78. The Kier molecular flexibility index (Phi) is 4.53. The number of nitrogens with zero attached hydrogens (tertiary/aromatic N) is 2. The molecule has 1 aliphatic heterocycles. The number of benzene rings is 1. The fraction of sp³-hybridized carbons (Fsp3) is 0.500. The largest absolute Gasteiger partial charge is 0.495 e. The summed E-state index contributed by atoms with van der Waals surface area (Å²) in [5.41, 5.74) is 0.332. The van der Waals surface area contributed by atoms with Gasteiger partial charge in [-0.05, 0) is 31.0 Å². The summed E-state index contributed by atoms with van der Waals surface area (Å²) in [6.07, 6.45) is 1.72. The summed E-state index contributed by atoms with van der Waals surface area (Å²) in [7, 11) is 1.05. The zero-order chi connectivity index (χ0) is 15.6. The van der Waals surface area contributed by atoms with Gasteiger partial charge in [-0.1, -0.05) is 0 Å². The van der Waals surface area contributed by atoms with Crippen LogP contribution in [0.4, 0.5) is 0 Å². The molecule has 1 aliphatic rings. The summed E-state index contributed by atoms with van der Waals surface area (Å²) in [6, 6.07) is 4.50. The first kappa shape index (κ1) is 15.8. The monoisotopic (exact) mass is 312 g/mol. The van der Waals surface area contributed by atoms with E-state index in [0.29, 0.717) is 18.7 Å². The van der Waals surface area contributed by atoms with E-state index in [1.54, 1.807) is 20.2 Å². The lowest BCUT2D eigenvalue weighted by Crippen LogP contribution is -2.29. The summed E-state index contributed by atoms with van der Waals surface area (Å²) in [6.45, 7) is 1.02. The van der Waals surface area contributed by atoms with Crippen LogP contribution in [0.2, 0.25) is 0 Å². The van der Waals surface area contributed by atoms with E-state index in [9.17, 15) is 13.2 Å². The molecule has 1 saturated heterocycles. The summed E-state index contributed by atoms with van der Waals surface area (Å²) in [4.78, 5) is 13.5. The maximum absolute atomic E-state index is 12.7. The minimum absolute atomic E-state index is 0.0552. The van der Waals surface area contributed by atoms with E-state index in [2.05, 4.69) is 0 Å². The number of rotatable bonds is 4. The predicted molar refractivity (Wildman–Crippen MR) is 79.0 cm³/mol. The lowest BCUT2D eigenvalue weighted by Gasteiger charge is -2.19. The maximum Gasteiger partial charge on any atom is 0.253 e. The third-order valence-electron chi connectivity index (χ3n) is 3.50. The lowest BCUT2D eigenvalue weighted by molar-refractivity contribution is 0.0827. The Hall–Kier alpha value is -1.60. The van der Waals surface area contributed by atoms with Crippen molar-refractivity contribution in [3.63, 3.8) is 0 Å². The fourth-order valence-corrected chi connectivity index (χ4v) is 4.04. The maximum atomic E-state index is 12.7. The molecule has 0 radical (unpaired) electrons. The number of sulfonamides is 1. The molecule has 0 atom stereocenters. The van der Waals surface area contributed by atoms with Crippen molar-refractivity contribution in [2.75, 3.05) is 34.3 Å². The van der Waals surface area contributed by atoms with E-state index < -0.39 is 10.0 Å². The molecule has 7 heteroatoms. The molecule has 2 rings (SSSR count). The Labute approximate surface area is 125 Å². The molecule has 0 saturated carbocycles. The van der Waals surface area contributed by atoms with E-state index in [-0.39, 0.29) is 16.6 Å².